The molecule has 1 fully saturated rings. The Labute approximate surface area is 175 Å². The van der Waals surface area contributed by atoms with Crippen molar-refractivity contribution in [3.63, 3.8) is 0 Å². The highest BCUT2D eigenvalue weighted by Gasteiger charge is 2.46. The van der Waals surface area contributed by atoms with Gasteiger partial charge in [0.1, 0.15) is 17.3 Å². The molecular formula is C23H26N2O5. The quantitative estimate of drug-likeness (QED) is 0.432. The van der Waals surface area contributed by atoms with Crippen molar-refractivity contribution in [2.75, 3.05) is 34.3 Å². The van der Waals surface area contributed by atoms with Crippen molar-refractivity contribution in [1.82, 2.24) is 9.80 Å². The van der Waals surface area contributed by atoms with Gasteiger partial charge in [-0.1, -0.05) is 29.8 Å². The molecule has 0 saturated carbocycles. The number of Topliss-reactive ketones (excluding diaryl/α,β-unsaturated/α-hetero) is 1. The van der Waals surface area contributed by atoms with Gasteiger partial charge in [-0.15, -0.1) is 0 Å². The number of phenolic OH excluding ortho intramolecular Hbond substituents is 1. The number of likely N-dealkylation sites (tertiary alicyclic amines) is 1. The molecule has 1 aliphatic heterocycles. The summed E-state index contributed by atoms with van der Waals surface area (Å²) in [6.07, 6.45) is 0. The molecule has 30 heavy (non-hydrogen) atoms. The maximum absolute atomic E-state index is 12.9. The van der Waals surface area contributed by atoms with Gasteiger partial charge in [-0.25, -0.2) is 0 Å². The van der Waals surface area contributed by atoms with Gasteiger partial charge < -0.3 is 24.7 Å². The lowest BCUT2D eigenvalue weighted by Gasteiger charge is -2.26. The lowest BCUT2D eigenvalue weighted by molar-refractivity contribution is -0.140. The van der Waals surface area contributed by atoms with E-state index in [1.54, 1.807) is 6.07 Å². The Kier molecular flexibility index (Phi) is 6.12. The van der Waals surface area contributed by atoms with Crippen LogP contribution >= 0.6 is 0 Å². The Morgan fingerprint density at radius 3 is 2.37 bits per heavy atom. The van der Waals surface area contributed by atoms with Crippen molar-refractivity contribution >= 4 is 17.4 Å². The molecule has 7 heteroatoms. The number of carbonyl (C=O) groups is 2. The van der Waals surface area contributed by atoms with E-state index in [0.717, 1.165) is 5.56 Å². The predicted octanol–water partition coefficient (Wildman–Crippen LogP) is 2.69. The molecule has 2 aromatic carbocycles. The van der Waals surface area contributed by atoms with E-state index >= 15 is 0 Å². The molecule has 1 atom stereocenters. The SMILES string of the molecule is COc1ccc(C(O)=C2C(=O)C(=O)N(CCN(C)C)C2c2ccc(C)cc2)c(O)c1. The zero-order chi connectivity index (χ0) is 22.0. The summed E-state index contributed by atoms with van der Waals surface area (Å²) in [5.41, 5.74) is 1.78. The van der Waals surface area contributed by atoms with Crippen molar-refractivity contribution in [1.29, 1.82) is 0 Å². The Morgan fingerprint density at radius 1 is 1.13 bits per heavy atom. The first-order valence-corrected chi connectivity index (χ1v) is 9.61. The predicted molar refractivity (Wildman–Crippen MR) is 113 cm³/mol. The van der Waals surface area contributed by atoms with Crippen LogP contribution in [0.3, 0.4) is 0 Å². The molecule has 0 spiro atoms. The molecule has 1 saturated heterocycles. The van der Waals surface area contributed by atoms with Gasteiger partial charge in [-0.05, 0) is 38.7 Å². The van der Waals surface area contributed by atoms with E-state index in [1.807, 2.05) is 50.2 Å². The number of benzene rings is 2. The van der Waals surface area contributed by atoms with E-state index in [-0.39, 0.29) is 16.9 Å². The number of aliphatic hydroxyl groups is 1. The summed E-state index contributed by atoms with van der Waals surface area (Å²) in [5.74, 6) is -1.69. The number of aromatic hydroxyl groups is 1. The molecule has 1 heterocycles. The number of ketones is 1. The van der Waals surface area contributed by atoms with Crippen LogP contribution in [0.2, 0.25) is 0 Å². The minimum atomic E-state index is -0.771. The summed E-state index contributed by atoms with van der Waals surface area (Å²) in [6.45, 7) is 2.83. The van der Waals surface area contributed by atoms with Crippen LogP contribution in [0, 0.1) is 6.92 Å². The fourth-order valence-electron chi connectivity index (χ4n) is 3.50. The average Bonchev–Trinajstić information content (AvgIpc) is 2.96. The normalized spacial score (nSPS) is 18.3. The molecule has 0 radical (unpaired) electrons. The van der Waals surface area contributed by atoms with Gasteiger partial charge in [0.2, 0.25) is 0 Å². The summed E-state index contributed by atoms with van der Waals surface area (Å²) in [6, 6.07) is 11.1. The molecule has 7 nitrogen and oxygen atoms in total. The van der Waals surface area contributed by atoms with Gasteiger partial charge in [0.15, 0.2) is 0 Å². The third-order valence-corrected chi connectivity index (χ3v) is 5.18. The number of hydrogen-bond acceptors (Lipinski definition) is 6. The van der Waals surface area contributed by atoms with Crippen LogP contribution in [0.5, 0.6) is 11.5 Å². The summed E-state index contributed by atoms with van der Waals surface area (Å²) in [7, 11) is 5.22. The number of methoxy groups -OCH3 is 1. The van der Waals surface area contributed by atoms with Gasteiger partial charge in [0, 0.05) is 19.2 Å². The molecule has 2 N–H and O–H groups in total. The molecule has 0 aromatic heterocycles. The third kappa shape index (κ3) is 4.02. The van der Waals surface area contributed by atoms with Crippen molar-refractivity contribution in [2.24, 2.45) is 0 Å². The number of aryl methyl sites for hydroxylation is 1. The van der Waals surface area contributed by atoms with Crippen LogP contribution in [0.15, 0.2) is 48.0 Å². The number of nitrogens with zero attached hydrogens (tertiary/aromatic N) is 2. The highest BCUT2D eigenvalue weighted by atomic mass is 16.5. The van der Waals surface area contributed by atoms with Crippen molar-refractivity contribution < 1.29 is 24.5 Å². The molecule has 1 aliphatic rings. The monoisotopic (exact) mass is 410 g/mol. The van der Waals surface area contributed by atoms with E-state index < -0.39 is 23.5 Å². The number of hydrogen-bond donors (Lipinski definition) is 2. The van der Waals surface area contributed by atoms with E-state index in [9.17, 15) is 19.8 Å². The highest BCUT2D eigenvalue weighted by Crippen LogP contribution is 2.41. The first-order valence-electron chi connectivity index (χ1n) is 9.61. The number of carbonyl (C=O) groups excluding carboxylic acids is 2. The second-order valence-electron chi connectivity index (χ2n) is 7.59. The van der Waals surface area contributed by atoms with Gasteiger partial charge in [-0.2, -0.15) is 0 Å². The maximum Gasteiger partial charge on any atom is 0.295 e. The Bertz CT molecular complexity index is 995. The molecule has 0 bridgehead atoms. The number of rotatable bonds is 6. The van der Waals surface area contributed by atoms with E-state index in [0.29, 0.717) is 24.4 Å². The van der Waals surface area contributed by atoms with Crippen LogP contribution in [-0.2, 0) is 9.59 Å². The van der Waals surface area contributed by atoms with Crippen molar-refractivity contribution in [2.45, 2.75) is 13.0 Å². The first-order chi connectivity index (χ1) is 14.2. The van der Waals surface area contributed by atoms with Gasteiger partial charge >= 0.3 is 0 Å². The van der Waals surface area contributed by atoms with Crippen LogP contribution in [0.4, 0.5) is 0 Å². The minimum absolute atomic E-state index is 0.0388. The average molecular weight is 410 g/mol. The largest absolute Gasteiger partial charge is 0.507 e. The molecular weight excluding hydrogens is 384 g/mol. The van der Waals surface area contributed by atoms with Gasteiger partial charge in [-0.3, -0.25) is 9.59 Å². The summed E-state index contributed by atoms with van der Waals surface area (Å²) < 4.78 is 5.07. The molecule has 0 aliphatic carbocycles. The molecule has 1 unspecified atom stereocenters. The Morgan fingerprint density at radius 2 is 1.80 bits per heavy atom. The standard InChI is InChI=1S/C23H26N2O5/c1-14-5-7-15(8-6-14)20-19(22(28)23(29)25(20)12-11-24(2)3)21(27)17-10-9-16(30-4)13-18(17)26/h5-10,13,20,26-27H,11-12H2,1-4H3. The van der Waals surface area contributed by atoms with Crippen LogP contribution < -0.4 is 4.74 Å². The third-order valence-electron chi connectivity index (χ3n) is 5.18. The Balaban J connectivity index is 2.16. The molecule has 3 rings (SSSR count). The van der Waals surface area contributed by atoms with E-state index in [2.05, 4.69) is 0 Å². The van der Waals surface area contributed by atoms with Gasteiger partial charge in [0.05, 0.1) is 24.3 Å². The zero-order valence-corrected chi connectivity index (χ0v) is 17.5. The lowest BCUT2D eigenvalue weighted by Crippen LogP contribution is -2.35. The zero-order valence-electron chi connectivity index (χ0n) is 17.5. The van der Waals surface area contributed by atoms with Crippen molar-refractivity contribution in [3.8, 4) is 11.5 Å². The van der Waals surface area contributed by atoms with Crippen LogP contribution in [0.1, 0.15) is 22.7 Å². The number of phenols is 1. The first kappa shape index (κ1) is 21.4. The van der Waals surface area contributed by atoms with Crippen LogP contribution in [-0.4, -0.2) is 66.0 Å². The number of likely N-dealkylation sites (N-methyl/N-ethyl adjacent to an activating group) is 1. The fraction of sp³-hybridized carbons (Fsp3) is 0.304. The Hall–Kier alpha value is -3.32. The highest BCUT2D eigenvalue weighted by molar-refractivity contribution is 6.46. The maximum atomic E-state index is 12.9. The second kappa shape index (κ2) is 8.59. The number of amides is 1. The topological polar surface area (TPSA) is 90.3 Å². The molecule has 2 aromatic rings. The minimum Gasteiger partial charge on any atom is -0.507 e. The molecule has 158 valence electrons. The molecule has 1 amide bonds. The van der Waals surface area contributed by atoms with E-state index in [4.69, 9.17) is 4.74 Å². The van der Waals surface area contributed by atoms with Crippen molar-refractivity contribution in [3.05, 3.63) is 64.7 Å². The summed E-state index contributed by atoms with van der Waals surface area (Å²) in [4.78, 5) is 29.2. The smallest absolute Gasteiger partial charge is 0.295 e. The second-order valence-corrected chi connectivity index (χ2v) is 7.59. The van der Waals surface area contributed by atoms with Gasteiger partial charge in [0.25, 0.3) is 11.7 Å². The number of aliphatic hydroxyl groups excluding tert-OH is 1. The van der Waals surface area contributed by atoms with E-state index in [1.165, 1.54) is 24.1 Å². The lowest BCUT2D eigenvalue weighted by atomic mass is 9.94. The summed E-state index contributed by atoms with van der Waals surface area (Å²) in [5, 5.41) is 21.4. The number of ether oxygens (including phenoxy) is 1. The fourth-order valence-corrected chi connectivity index (χ4v) is 3.50. The van der Waals surface area contributed by atoms with Crippen LogP contribution in [0.25, 0.3) is 5.76 Å². The summed E-state index contributed by atoms with van der Waals surface area (Å²) >= 11 is 0.